The molecule has 39 heavy (non-hydrogen) atoms. The zero-order valence-electron chi connectivity index (χ0n) is 21.7. The monoisotopic (exact) mass is 528 g/mol. The van der Waals surface area contributed by atoms with Crippen LogP contribution in [0.25, 0.3) is 10.9 Å². The number of aromatic nitrogens is 1. The number of hydrogen-bond donors (Lipinski definition) is 1. The highest BCUT2D eigenvalue weighted by Gasteiger charge is 2.22. The summed E-state index contributed by atoms with van der Waals surface area (Å²) in [6.45, 7) is 5.38. The number of amides is 1. The number of benzene rings is 3. The van der Waals surface area contributed by atoms with Crippen LogP contribution in [-0.2, 0) is 11.3 Å². The molecule has 0 saturated heterocycles. The van der Waals surface area contributed by atoms with E-state index in [4.69, 9.17) is 18.9 Å². The van der Waals surface area contributed by atoms with Crippen molar-refractivity contribution in [3.05, 3.63) is 88.2 Å². The fourth-order valence-corrected chi connectivity index (χ4v) is 4.40. The van der Waals surface area contributed by atoms with Gasteiger partial charge in [-0.05, 0) is 68.4 Å². The van der Waals surface area contributed by atoms with Gasteiger partial charge in [-0.25, -0.2) is 0 Å². The Bertz CT molecular complexity index is 1570. The topological polar surface area (TPSA) is 105 Å². The molecule has 0 spiro atoms. The lowest BCUT2D eigenvalue weighted by molar-refractivity contribution is -0.116. The summed E-state index contributed by atoms with van der Waals surface area (Å²) in [5.74, 6) is 1.42. The molecule has 1 aliphatic heterocycles. The van der Waals surface area contributed by atoms with E-state index < -0.39 is 11.2 Å². The number of nitrogens with zero attached hydrogens (tertiary/aromatic N) is 1. The van der Waals surface area contributed by atoms with Crippen molar-refractivity contribution in [1.29, 1.82) is 0 Å². The van der Waals surface area contributed by atoms with Crippen molar-refractivity contribution in [2.75, 3.05) is 31.7 Å². The first-order valence-electron chi connectivity index (χ1n) is 12.7. The number of fused-ring (bicyclic) bond motifs is 2. The van der Waals surface area contributed by atoms with Crippen molar-refractivity contribution in [1.82, 2.24) is 4.57 Å². The van der Waals surface area contributed by atoms with Crippen molar-refractivity contribution in [3.8, 4) is 23.0 Å². The van der Waals surface area contributed by atoms with Crippen molar-refractivity contribution in [2.24, 2.45) is 0 Å². The molecular formula is C30H28N2O7. The third kappa shape index (κ3) is 5.57. The summed E-state index contributed by atoms with van der Waals surface area (Å²) < 4.78 is 23.9. The Labute approximate surface area is 224 Å². The van der Waals surface area contributed by atoms with Gasteiger partial charge >= 0.3 is 0 Å². The Balaban J connectivity index is 1.52. The molecule has 0 atom stereocenters. The van der Waals surface area contributed by atoms with E-state index in [2.05, 4.69) is 5.32 Å². The van der Waals surface area contributed by atoms with Crippen molar-refractivity contribution >= 4 is 28.3 Å². The number of ether oxygens (including phenoxy) is 4. The van der Waals surface area contributed by atoms with Gasteiger partial charge in [-0.15, -0.1) is 0 Å². The molecule has 0 fully saturated rings. The van der Waals surface area contributed by atoms with E-state index in [-0.39, 0.29) is 23.4 Å². The second-order valence-corrected chi connectivity index (χ2v) is 8.80. The average molecular weight is 529 g/mol. The van der Waals surface area contributed by atoms with E-state index in [1.807, 2.05) is 13.8 Å². The molecule has 1 amide bonds. The number of hydrogen-bond acceptors (Lipinski definition) is 7. The van der Waals surface area contributed by atoms with Gasteiger partial charge in [0.25, 0.3) is 0 Å². The maximum absolute atomic E-state index is 13.5. The molecular weight excluding hydrogens is 500 g/mol. The minimum Gasteiger partial charge on any atom is -0.494 e. The summed E-state index contributed by atoms with van der Waals surface area (Å²) in [5.41, 5.74) is 0.863. The summed E-state index contributed by atoms with van der Waals surface area (Å²) in [4.78, 5) is 40.1. The Morgan fingerprint density at radius 1 is 0.872 bits per heavy atom. The zero-order chi connectivity index (χ0) is 27.4. The van der Waals surface area contributed by atoms with Gasteiger partial charge in [0, 0.05) is 23.5 Å². The molecule has 1 aromatic heterocycles. The molecule has 1 N–H and O–H groups in total. The lowest BCUT2D eigenvalue weighted by atomic mass is 10.0. The molecule has 3 aromatic carbocycles. The normalized spacial score (nSPS) is 12.2. The van der Waals surface area contributed by atoms with E-state index in [0.717, 1.165) is 0 Å². The summed E-state index contributed by atoms with van der Waals surface area (Å²) in [6.07, 6.45) is 1.43. The number of pyridine rings is 1. The second kappa shape index (κ2) is 11.3. The van der Waals surface area contributed by atoms with Gasteiger partial charge < -0.3 is 28.8 Å². The average Bonchev–Trinajstić information content (AvgIpc) is 2.95. The van der Waals surface area contributed by atoms with Gasteiger partial charge in [0.1, 0.15) is 31.3 Å². The van der Waals surface area contributed by atoms with Gasteiger partial charge in [-0.1, -0.05) is 0 Å². The van der Waals surface area contributed by atoms with Crippen LogP contribution in [0.4, 0.5) is 5.69 Å². The quantitative estimate of drug-likeness (QED) is 0.320. The second-order valence-electron chi connectivity index (χ2n) is 8.80. The van der Waals surface area contributed by atoms with Crippen LogP contribution in [0.15, 0.2) is 71.7 Å². The highest BCUT2D eigenvalue weighted by molar-refractivity contribution is 6.10. The van der Waals surface area contributed by atoms with Crippen LogP contribution in [0.1, 0.15) is 29.8 Å². The third-order valence-electron chi connectivity index (χ3n) is 6.18. The van der Waals surface area contributed by atoms with E-state index in [1.165, 1.54) is 6.20 Å². The Morgan fingerprint density at radius 3 is 2.08 bits per heavy atom. The maximum atomic E-state index is 13.5. The number of carbonyl (C=O) groups excluding carboxylic acids is 2. The first kappa shape index (κ1) is 25.8. The summed E-state index contributed by atoms with van der Waals surface area (Å²) >= 11 is 0. The molecule has 9 heteroatoms. The number of rotatable bonds is 9. The lowest BCUT2D eigenvalue weighted by Gasteiger charge is -2.20. The van der Waals surface area contributed by atoms with Gasteiger partial charge in [-0.2, -0.15) is 0 Å². The van der Waals surface area contributed by atoms with Crippen LogP contribution in [0.3, 0.4) is 0 Å². The van der Waals surface area contributed by atoms with Gasteiger partial charge in [0.15, 0.2) is 17.3 Å². The fraction of sp³-hybridized carbons (Fsp3) is 0.233. The van der Waals surface area contributed by atoms with Gasteiger partial charge in [0.2, 0.25) is 11.3 Å². The Hall–Kier alpha value is -4.79. The molecule has 0 saturated carbocycles. The molecule has 0 radical (unpaired) electrons. The van der Waals surface area contributed by atoms with E-state index in [0.29, 0.717) is 66.2 Å². The highest BCUT2D eigenvalue weighted by atomic mass is 16.6. The molecule has 2 heterocycles. The first-order chi connectivity index (χ1) is 19.0. The summed E-state index contributed by atoms with van der Waals surface area (Å²) in [7, 11) is 0. The number of nitrogens with one attached hydrogen (secondary N) is 1. The smallest absolute Gasteiger partial charge is 0.244 e. The molecule has 200 valence electrons. The van der Waals surface area contributed by atoms with Crippen LogP contribution in [-0.4, -0.2) is 42.7 Å². The molecule has 4 aromatic rings. The highest BCUT2D eigenvalue weighted by Crippen LogP contribution is 2.34. The predicted octanol–water partition coefficient (Wildman–Crippen LogP) is 4.44. The number of anilines is 1. The number of ketones is 1. The van der Waals surface area contributed by atoms with E-state index >= 15 is 0 Å². The summed E-state index contributed by atoms with van der Waals surface area (Å²) in [6, 6.07) is 16.9. The van der Waals surface area contributed by atoms with E-state index in [1.54, 1.807) is 65.2 Å². The Morgan fingerprint density at radius 2 is 1.46 bits per heavy atom. The zero-order valence-corrected chi connectivity index (χ0v) is 21.7. The van der Waals surface area contributed by atoms with Crippen molar-refractivity contribution < 1.29 is 28.5 Å². The van der Waals surface area contributed by atoms with Crippen LogP contribution < -0.4 is 29.7 Å². The molecule has 0 unspecified atom stereocenters. The Kier molecular flexibility index (Phi) is 7.49. The van der Waals surface area contributed by atoms with Crippen LogP contribution in [0, 0.1) is 0 Å². The van der Waals surface area contributed by atoms with Crippen LogP contribution >= 0.6 is 0 Å². The molecule has 5 rings (SSSR count). The molecule has 0 aliphatic carbocycles. The van der Waals surface area contributed by atoms with Gasteiger partial charge in [0.05, 0.1) is 29.7 Å². The van der Waals surface area contributed by atoms with Gasteiger partial charge in [-0.3, -0.25) is 14.4 Å². The minimum atomic E-state index is -0.458. The fourth-order valence-electron chi connectivity index (χ4n) is 4.40. The lowest BCUT2D eigenvalue weighted by Crippen LogP contribution is -2.25. The molecule has 1 aliphatic rings. The molecule has 0 bridgehead atoms. The predicted molar refractivity (Wildman–Crippen MR) is 146 cm³/mol. The minimum absolute atomic E-state index is 0.0581. The van der Waals surface area contributed by atoms with E-state index in [9.17, 15) is 14.4 Å². The van der Waals surface area contributed by atoms with Crippen molar-refractivity contribution in [2.45, 2.75) is 20.4 Å². The SMILES string of the molecule is CCOc1ccc(NC(=O)Cn2cc(C(=O)c3ccc(OCC)cc3)c(=O)c3cc4c(cc32)OCCO4)cc1. The molecule has 9 nitrogen and oxygen atoms in total. The largest absolute Gasteiger partial charge is 0.494 e. The standard InChI is InChI=1S/C30H28N2O7/c1-3-36-21-9-5-19(6-10-21)29(34)24-17-32(18-28(33)31-20-7-11-22(12-8-20)37-4-2)25-16-27-26(38-13-14-39-27)15-23(25)30(24)35/h5-12,15-17H,3-4,13-14,18H2,1-2H3,(H,31,33). The number of carbonyl (C=O) groups is 2. The van der Waals surface area contributed by atoms with Crippen molar-refractivity contribution in [3.63, 3.8) is 0 Å². The maximum Gasteiger partial charge on any atom is 0.244 e. The third-order valence-corrected chi connectivity index (χ3v) is 6.18. The summed E-state index contributed by atoms with van der Waals surface area (Å²) in [5, 5.41) is 3.11. The van der Waals surface area contributed by atoms with Crippen LogP contribution in [0.5, 0.6) is 23.0 Å². The van der Waals surface area contributed by atoms with Crippen LogP contribution in [0.2, 0.25) is 0 Å². The first-order valence-corrected chi connectivity index (χ1v) is 12.7.